The van der Waals surface area contributed by atoms with E-state index in [1.165, 1.54) is 28.7 Å². The second kappa shape index (κ2) is 9.40. The van der Waals surface area contributed by atoms with Crippen LogP contribution in [0.1, 0.15) is 25.5 Å². The molecule has 8 nitrogen and oxygen atoms in total. The number of carbonyl (C=O) groups excluding carboxylic acids is 1. The van der Waals surface area contributed by atoms with Crippen molar-refractivity contribution in [3.05, 3.63) is 48.0 Å². The van der Waals surface area contributed by atoms with Gasteiger partial charge in [0.05, 0.1) is 24.2 Å². The van der Waals surface area contributed by atoms with Crippen LogP contribution in [0.4, 0.5) is 20.6 Å². The second-order valence-electron chi connectivity index (χ2n) is 7.08. The fourth-order valence-corrected chi connectivity index (χ4v) is 4.33. The van der Waals surface area contributed by atoms with E-state index in [9.17, 15) is 17.6 Å². The van der Waals surface area contributed by atoms with Gasteiger partial charge in [-0.25, -0.2) is 17.6 Å². The molecule has 2 aromatic rings. The fourth-order valence-electron chi connectivity index (χ4n) is 3.17. The Morgan fingerprint density at radius 2 is 2.03 bits per heavy atom. The van der Waals surface area contributed by atoms with Gasteiger partial charge in [0.25, 0.3) is 0 Å². The summed E-state index contributed by atoms with van der Waals surface area (Å²) in [6, 6.07) is 6.81. The van der Waals surface area contributed by atoms with Crippen LogP contribution in [-0.2, 0) is 10.0 Å². The van der Waals surface area contributed by atoms with Gasteiger partial charge >= 0.3 is 6.03 Å². The number of piperidine rings is 1. The zero-order valence-electron chi connectivity index (χ0n) is 16.9. The molecule has 1 aliphatic heterocycles. The van der Waals surface area contributed by atoms with Crippen LogP contribution in [0.2, 0.25) is 0 Å². The number of nitrogens with one attached hydrogen (secondary N) is 2. The van der Waals surface area contributed by atoms with E-state index in [2.05, 4.69) is 15.6 Å². The minimum atomic E-state index is -3.30. The van der Waals surface area contributed by atoms with Gasteiger partial charge in [-0.1, -0.05) is 0 Å². The Morgan fingerprint density at radius 3 is 2.73 bits per heavy atom. The Labute approximate surface area is 175 Å². The summed E-state index contributed by atoms with van der Waals surface area (Å²) >= 11 is 0. The number of pyridine rings is 1. The highest BCUT2D eigenvalue weighted by atomic mass is 32.2. The summed E-state index contributed by atoms with van der Waals surface area (Å²) in [5.41, 5.74) is 1.54. The van der Waals surface area contributed by atoms with Crippen LogP contribution in [0.15, 0.2) is 36.5 Å². The van der Waals surface area contributed by atoms with Crippen molar-refractivity contribution in [2.75, 3.05) is 29.5 Å². The summed E-state index contributed by atoms with van der Waals surface area (Å²) in [7, 11) is -3.30. The standard InChI is InChI=1S/C20H25FN4O4S/c1-3-30(27,28)25-8-4-5-18(13-25)29-19-10-15(21)9-17(11-19)24-20(26)23-16-7-6-14(2)22-12-16/h6-7,9-12,18H,3-5,8,13H2,1-2H3,(H2,23,24,26)/t18-/m1/s1. The molecule has 2 amide bonds. The number of nitrogens with zero attached hydrogens (tertiary/aromatic N) is 2. The lowest BCUT2D eigenvalue weighted by Crippen LogP contribution is -2.44. The maximum Gasteiger partial charge on any atom is 0.323 e. The molecule has 0 radical (unpaired) electrons. The van der Waals surface area contributed by atoms with Crippen molar-refractivity contribution in [3.8, 4) is 5.75 Å². The highest BCUT2D eigenvalue weighted by Crippen LogP contribution is 2.25. The molecule has 2 heterocycles. The SMILES string of the molecule is CCS(=O)(=O)N1CCC[C@@H](Oc2cc(F)cc(NC(=O)Nc3ccc(C)nc3)c2)C1. The number of rotatable bonds is 6. The lowest BCUT2D eigenvalue weighted by molar-refractivity contribution is 0.129. The van der Waals surface area contributed by atoms with E-state index in [4.69, 9.17) is 4.74 Å². The average Bonchev–Trinajstić information content (AvgIpc) is 2.69. The quantitative estimate of drug-likeness (QED) is 0.723. The van der Waals surface area contributed by atoms with Crippen LogP contribution in [0.25, 0.3) is 0 Å². The number of aryl methyl sites for hydroxylation is 1. The molecule has 1 saturated heterocycles. The van der Waals surface area contributed by atoms with Crippen molar-refractivity contribution in [2.24, 2.45) is 0 Å². The Kier molecular flexibility index (Phi) is 6.88. The average molecular weight is 437 g/mol. The van der Waals surface area contributed by atoms with E-state index in [0.29, 0.717) is 25.1 Å². The maximum atomic E-state index is 14.1. The van der Waals surface area contributed by atoms with Gasteiger partial charge in [0.2, 0.25) is 10.0 Å². The fraction of sp³-hybridized carbons (Fsp3) is 0.400. The highest BCUT2D eigenvalue weighted by Gasteiger charge is 2.28. The summed E-state index contributed by atoms with van der Waals surface area (Å²) in [6.07, 6.45) is 2.46. The molecule has 162 valence electrons. The minimum absolute atomic E-state index is 0.0272. The van der Waals surface area contributed by atoms with E-state index in [0.717, 1.165) is 5.69 Å². The summed E-state index contributed by atoms with van der Waals surface area (Å²) < 4.78 is 45.5. The molecule has 0 aliphatic carbocycles. The molecule has 0 unspecified atom stereocenters. The summed E-state index contributed by atoms with van der Waals surface area (Å²) in [6.45, 7) is 4.11. The van der Waals surface area contributed by atoms with Gasteiger partial charge in [-0.15, -0.1) is 0 Å². The molecule has 10 heteroatoms. The lowest BCUT2D eigenvalue weighted by atomic mass is 10.1. The van der Waals surface area contributed by atoms with Gasteiger partial charge in [0, 0.05) is 30.1 Å². The van der Waals surface area contributed by atoms with Crippen molar-refractivity contribution in [3.63, 3.8) is 0 Å². The molecule has 0 spiro atoms. The predicted molar refractivity (Wildman–Crippen MR) is 113 cm³/mol. The monoisotopic (exact) mass is 436 g/mol. The molecule has 1 aromatic carbocycles. The third kappa shape index (κ3) is 5.90. The number of anilines is 2. The Hall–Kier alpha value is -2.72. The molecule has 0 saturated carbocycles. The van der Waals surface area contributed by atoms with Crippen molar-refractivity contribution in [1.29, 1.82) is 0 Å². The second-order valence-corrected chi connectivity index (χ2v) is 9.34. The molecule has 3 rings (SSSR count). The van der Waals surface area contributed by atoms with Crippen LogP contribution in [0.3, 0.4) is 0 Å². The molecule has 1 atom stereocenters. The molecule has 0 bridgehead atoms. The number of benzene rings is 1. The molecular weight excluding hydrogens is 411 g/mol. The summed E-state index contributed by atoms with van der Waals surface area (Å²) in [5, 5.41) is 5.18. The Bertz CT molecular complexity index is 998. The predicted octanol–water partition coefficient (Wildman–Crippen LogP) is 3.37. The number of hydrogen-bond donors (Lipinski definition) is 2. The van der Waals surface area contributed by atoms with Gasteiger partial charge in [-0.2, -0.15) is 4.31 Å². The lowest BCUT2D eigenvalue weighted by Gasteiger charge is -2.32. The van der Waals surface area contributed by atoms with E-state index in [1.807, 2.05) is 6.92 Å². The first-order chi connectivity index (χ1) is 14.2. The first-order valence-corrected chi connectivity index (χ1v) is 11.3. The third-order valence-electron chi connectivity index (χ3n) is 4.70. The van der Waals surface area contributed by atoms with Crippen molar-refractivity contribution in [2.45, 2.75) is 32.8 Å². The molecule has 1 aliphatic rings. The Balaban J connectivity index is 1.64. The number of urea groups is 1. The summed E-state index contributed by atoms with van der Waals surface area (Å²) in [4.78, 5) is 16.3. The van der Waals surface area contributed by atoms with Crippen molar-refractivity contribution < 1.29 is 22.3 Å². The zero-order chi connectivity index (χ0) is 21.7. The van der Waals surface area contributed by atoms with Crippen LogP contribution in [-0.4, -0.2) is 48.7 Å². The molecule has 1 fully saturated rings. The number of ether oxygens (including phenoxy) is 1. The third-order valence-corrected chi connectivity index (χ3v) is 6.55. The number of hydrogen-bond acceptors (Lipinski definition) is 5. The molecule has 2 N–H and O–H groups in total. The van der Waals surface area contributed by atoms with Crippen molar-refractivity contribution in [1.82, 2.24) is 9.29 Å². The topological polar surface area (TPSA) is 101 Å². The number of aromatic nitrogens is 1. The van der Waals surface area contributed by atoms with E-state index in [-0.39, 0.29) is 29.8 Å². The summed E-state index contributed by atoms with van der Waals surface area (Å²) in [5.74, 6) is -0.323. The van der Waals surface area contributed by atoms with E-state index < -0.39 is 21.9 Å². The first kappa shape index (κ1) is 22.0. The van der Waals surface area contributed by atoms with Crippen LogP contribution in [0.5, 0.6) is 5.75 Å². The minimum Gasteiger partial charge on any atom is -0.489 e. The van der Waals surface area contributed by atoms with Gasteiger partial charge in [0.1, 0.15) is 17.7 Å². The normalized spacial score (nSPS) is 17.4. The van der Waals surface area contributed by atoms with Crippen LogP contribution >= 0.6 is 0 Å². The van der Waals surface area contributed by atoms with Crippen LogP contribution < -0.4 is 15.4 Å². The van der Waals surface area contributed by atoms with E-state index >= 15 is 0 Å². The Morgan fingerprint density at radius 1 is 1.27 bits per heavy atom. The zero-order valence-corrected chi connectivity index (χ0v) is 17.7. The van der Waals surface area contributed by atoms with Gasteiger partial charge in [-0.3, -0.25) is 4.98 Å². The van der Waals surface area contributed by atoms with Crippen molar-refractivity contribution >= 4 is 27.4 Å². The molecule has 30 heavy (non-hydrogen) atoms. The smallest absolute Gasteiger partial charge is 0.323 e. The number of halogens is 1. The number of carbonyl (C=O) groups is 1. The van der Waals surface area contributed by atoms with E-state index in [1.54, 1.807) is 19.1 Å². The highest BCUT2D eigenvalue weighted by molar-refractivity contribution is 7.89. The first-order valence-electron chi connectivity index (χ1n) is 9.71. The van der Waals surface area contributed by atoms with Gasteiger partial charge in [0.15, 0.2) is 0 Å². The largest absolute Gasteiger partial charge is 0.489 e. The number of amides is 2. The molecule has 1 aromatic heterocycles. The number of sulfonamides is 1. The maximum absolute atomic E-state index is 14.1. The molecular formula is C20H25FN4O4S. The van der Waals surface area contributed by atoms with Gasteiger partial charge in [-0.05, 0) is 44.9 Å². The van der Waals surface area contributed by atoms with Gasteiger partial charge < -0.3 is 15.4 Å². The van der Waals surface area contributed by atoms with Crippen LogP contribution in [0, 0.1) is 12.7 Å².